The van der Waals surface area contributed by atoms with Crippen molar-refractivity contribution in [3.63, 3.8) is 0 Å². The molecule has 0 radical (unpaired) electrons. The highest BCUT2D eigenvalue weighted by molar-refractivity contribution is 5.13. The highest BCUT2D eigenvalue weighted by Crippen LogP contribution is 2.20. The van der Waals surface area contributed by atoms with Crippen molar-refractivity contribution in [1.82, 2.24) is 0 Å². The molecule has 0 aliphatic heterocycles. The Morgan fingerprint density at radius 2 is 1.03 bits per heavy atom. The molecule has 1 aromatic rings. The van der Waals surface area contributed by atoms with Gasteiger partial charge < -0.3 is 31.7 Å². The van der Waals surface area contributed by atoms with Crippen molar-refractivity contribution in [2.75, 3.05) is 19.6 Å². The lowest BCUT2D eigenvalue weighted by molar-refractivity contribution is -0.946. The summed E-state index contributed by atoms with van der Waals surface area (Å²) in [5, 5.41) is 20.4. The van der Waals surface area contributed by atoms with Gasteiger partial charge in [-0.05, 0) is 26.7 Å². The molecule has 33 heavy (non-hydrogen) atoms. The summed E-state index contributed by atoms with van der Waals surface area (Å²) in [6.45, 7) is 9.37. The maximum Gasteiger partial charge on any atom is 0.105 e. The second-order valence-corrected chi connectivity index (χ2v) is 10.4. The van der Waals surface area contributed by atoms with Crippen LogP contribution in [0.15, 0.2) is 30.3 Å². The van der Waals surface area contributed by atoms with Crippen LogP contribution in [0.3, 0.4) is 0 Å². The van der Waals surface area contributed by atoms with E-state index < -0.39 is 0 Å². The van der Waals surface area contributed by atoms with Gasteiger partial charge in [-0.2, -0.15) is 0 Å². The monoisotopic (exact) mass is 527 g/mol. The fourth-order valence-electron chi connectivity index (χ4n) is 5.20. The molecule has 0 saturated heterocycles. The van der Waals surface area contributed by atoms with Crippen LogP contribution in [0.1, 0.15) is 116 Å². The summed E-state index contributed by atoms with van der Waals surface area (Å²) in [5.74, 6) is 0. The van der Waals surface area contributed by atoms with Crippen LogP contribution in [-0.4, -0.2) is 46.5 Å². The van der Waals surface area contributed by atoms with Gasteiger partial charge >= 0.3 is 0 Å². The molecule has 0 aliphatic rings. The van der Waals surface area contributed by atoms with Gasteiger partial charge in [0.05, 0.1) is 6.54 Å². The van der Waals surface area contributed by atoms with Gasteiger partial charge in [0, 0.05) is 5.56 Å². The van der Waals surface area contributed by atoms with Gasteiger partial charge in [0.2, 0.25) is 0 Å². The molecule has 0 bridgehead atoms. The van der Waals surface area contributed by atoms with E-state index in [0.29, 0.717) is 13.1 Å². The molecule has 0 aliphatic carbocycles. The Morgan fingerprint density at radius 1 is 0.636 bits per heavy atom. The van der Waals surface area contributed by atoms with E-state index in [1.165, 1.54) is 95.5 Å². The van der Waals surface area contributed by atoms with Gasteiger partial charge in [0.1, 0.15) is 31.8 Å². The average molecular weight is 529 g/mol. The molecule has 2 N–H and O–H groups in total. The molecule has 3 nitrogen and oxygen atoms in total. The Morgan fingerprint density at radius 3 is 1.42 bits per heavy atom. The fraction of sp³-hybridized carbons (Fsp3) is 0.793. The summed E-state index contributed by atoms with van der Waals surface area (Å²) in [4.78, 5) is 0. The first kappa shape index (κ1) is 32.6. The third-order valence-electron chi connectivity index (χ3n) is 6.65. The predicted molar refractivity (Wildman–Crippen MR) is 139 cm³/mol. The number of hydrogen-bond donors (Lipinski definition) is 2. The fourth-order valence-corrected chi connectivity index (χ4v) is 5.20. The minimum absolute atomic E-state index is 0. The van der Waals surface area contributed by atoms with E-state index in [4.69, 9.17) is 0 Å². The van der Waals surface area contributed by atoms with Gasteiger partial charge in [0.15, 0.2) is 0 Å². The molecule has 0 amide bonds. The zero-order valence-corrected chi connectivity index (χ0v) is 23.6. The van der Waals surface area contributed by atoms with Crippen LogP contribution in [0.2, 0.25) is 0 Å². The molecule has 4 heteroatoms. The molecule has 1 rings (SSSR count). The lowest BCUT2D eigenvalue weighted by Crippen LogP contribution is -3.00. The second-order valence-electron chi connectivity index (χ2n) is 10.4. The molecular weight excluding hydrogens is 474 g/mol. The lowest BCUT2D eigenvalue weighted by Gasteiger charge is -2.41. The third-order valence-corrected chi connectivity index (χ3v) is 6.65. The molecule has 1 aromatic carbocycles. The van der Waals surface area contributed by atoms with E-state index in [0.717, 1.165) is 17.6 Å². The summed E-state index contributed by atoms with van der Waals surface area (Å²) < 4.78 is 0.775. The minimum Gasteiger partial charge on any atom is -1.00 e. The third kappa shape index (κ3) is 17.6. The maximum atomic E-state index is 10.2. The lowest BCUT2D eigenvalue weighted by atomic mass is 10.0. The number of unbranched alkanes of at least 4 members (excludes halogenated alkanes) is 13. The molecule has 194 valence electrons. The van der Waals surface area contributed by atoms with Gasteiger partial charge in [-0.25, -0.2) is 0 Å². The van der Waals surface area contributed by atoms with Crippen LogP contribution in [0.5, 0.6) is 0 Å². The van der Waals surface area contributed by atoms with Crippen molar-refractivity contribution < 1.29 is 31.7 Å². The summed E-state index contributed by atoms with van der Waals surface area (Å²) in [7, 11) is 0. The van der Waals surface area contributed by atoms with E-state index >= 15 is 0 Å². The van der Waals surface area contributed by atoms with Crippen molar-refractivity contribution in [3.05, 3.63) is 35.9 Å². The van der Waals surface area contributed by atoms with E-state index in [-0.39, 0.29) is 29.2 Å². The average Bonchev–Trinajstić information content (AvgIpc) is 2.73. The number of hydrogen-bond acceptors (Lipinski definition) is 2. The first-order valence-corrected chi connectivity index (χ1v) is 13.7. The molecule has 0 heterocycles. The van der Waals surface area contributed by atoms with Crippen molar-refractivity contribution in [2.24, 2.45) is 0 Å². The Balaban J connectivity index is 0.0000102. The highest BCUT2D eigenvalue weighted by Gasteiger charge is 2.30. The number of quaternary nitrogens is 1. The molecule has 2 unspecified atom stereocenters. The maximum absolute atomic E-state index is 10.2. The van der Waals surface area contributed by atoms with Crippen molar-refractivity contribution >= 4 is 0 Å². The highest BCUT2D eigenvalue weighted by atomic mass is 79.9. The standard InChI is InChI=1S/C29H54NO2.BrH/c1-4-5-6-7-8-9-10-11-12-13-14-15-16-20-23-30(24-27(2)31,25-28(3)32)26-29-21-18-17-19-22-29;/h17-19,21-22,27-28,31-32H,4-16,20,23-26H2,1-3H3;1H/q+1;/p-1. The largest absolute Gasteiger partial charge is 1.00 e. The van der Waals surface area contributed by atoms with E-state index in [2.05, 4.69) is 37.3 Å². The zero-order valence-electron chi connectivity index (χ0n) is 22.0. The van der Waals surface area contributed by atoms with E-state index in [1.807, 2.05) is 13.8 Å². The summed E-state index contributed by atoms with van der Waals surface area (Å²) in [6, 6.07) is 10.6. The van der Waals surface area contributed by atoms with E-state index in [9.17, 15) is 10.2 Å². The molecule has 2 atom stereocenters. The number of nitrogens with zero attached hydrogens (tertiary/aromatic N) is 1. The first-order chi connectivity index (χ1) is 15.5. The van der Waals surface area contributed by atoms with Crippen molar-refractivity contribution in [3.8, 4) is 0 Å². The van der Waals surface area contributed by atoms with Gasteiger partial charge in [0.25, 0.3) is 0 Å². The van der Waals surface area contributed by atoms with Gasteiger partial charge in [-0.1, -0.05) is 114 Å². The Bertz CT molecular complexity index is 526. The summed E-state index contributed by atoms with van der Waals surface area (Å²) >= 11 is 0. The smallest absolute Gasteiger partial charge is 0.105 e. The number of benzene rings is 1. The van der Waals surface area contributed by atoms with Crippen LogP contribution in [-0.2, 0) is 6.54 Å². The second kappa shape index (κ2) is 20.9. The Kier molecular flexibility index (Phi) is 20.6. The van der Waals surface area contributed by atoms with Crippen molar-refractivity contribution in [1.29, 1.82) is 0 Å². The Labute approximate surface area is 216 Å². The molecule has 0 fully saturated rings. The summed E-state index contributed by atoms with van der Waals surface area (Å²) in [6.07, 6.45) is 18.4. The van der Waals surface area contributed by atoms with Gasteiger partial charge in [-0.3, -0.25) is 0 Å². The number of aliphatic hydroxyl groups is 2. The first-order valence-electron chi connectivity index (χ1n) is 13.7. The molecular formula is C29H54BrNO2. The zero-order chi connectivity index (χ0) is 23.5. The SMILES string of the molecule is CCCCCCCCCCCCCCCC[N+](Cc1ccccc1)(CC(C)O)CC(C)O.[Br-]. The van der Waals surface area contributed by atoms with Crippen LogP contribution >= 0.6 is 0 Å². The Hall–Kier alpha value is -0.420. The van der Waals surface area contributed by atoms with E-state index in [1.54, 1.807) is 0 Å². The number of rotatable bonds is 21. The molecule has 0 aromatic heterocycles. The molecule has 0 saturated carbocycles. The quantitative estimate of drug-likeness (QED) is 0.185. The minimum atomic E-state index is -0.357. The molecule has 0 spiro atoms. The summed E-state index contributed by atoms with van der Waals surface area (Å²) in [5.41, 5.74) is 1.29. The van der Waals surface area contributed by atoms with Crippen LogP contribution < -0.4 is 17.0 Å². The predicted octanol–water partition coefficient (Wildman–Crippen LogP) is 4.25. The van der Waals surface area contributed by atoms with Crippen LogP contribution in [0, 0.1) is 0 Å². The topological polar surface area (TPSA) is 40.5 Å². The van der Waals surface area contributed by atoms with Gasteiger partial charge in [-0.15, -0.1) is 0 Å². The van der Waals surface area contributed by atoms with Crippen LogP contribution in [0.4, 0.5) is 0 Å². The number of aliphatic hydroxyl groups excluding tert-OH is 2. The van der Waals surface area contributed by atoms with Crippen LogP contribution in [0.25, 0.3) is 0 Å². The number of halogens is 1. The van der Waals surface area contributed by atoms with Crippen molar-refractivity contribution in [2.45, 2.75) is 129 Å². The normalized spacial score (nSPS) is 14.9.